The van der Waals surface area contributed by atoms with Gasteiger partial charge < -0.3 is 10.2 Å². The number of aliphatic hydroxyl groups excluding tert-OH is 2. The molecule has 2 unspecified atom stereocenters. The van der Waals surface area contributed by atoms with Gasteiger partial charge in [0.05, 0.1) is 12.2 Å². The summed E-state index contributed by atoms with van der Waals surface area (Å²) in [7, 11) is 0. The molecule has 0 amide bonds. The van der Waals surface area contributed by atoms with E-state index < -0.39 is 17.6 Å². The van der Waals surface area contributed by atoms with E-state index in [0.717, 1.165) is 32.1 Å². The third kappa shape index (κ3) is 4.73. The van der Waals surface area contributed by atoms with E-state index in [2.05, 4.69) is 55.4 Å². The standard InChI is InChI=1S/C18H38O2/c1-9-11-12-13-18(10-2,14(19)16(3,4)5)15(20)17(6,7)8/h14-15,19-20H,9-13H2,1-8H3. The average molecular weight is 286 g/mol. The van der Waals surface area contributed by atoms with E-state index in [4.69, 9.17) is 0 Å². The zero-order valence-electron chi connectivity index (χ0n) is 15.1. The molecule has 122 valence electrons. The Hall–Kier alpha value is -0.0800. The summed E-state index contributed by atoms with van der Waals surface area (Å²) in [5, 5.41) is 21.9. The zero-order chi connectivity index (χ0) is 16.2. The molecule has 0 fully saturated rings. The second-order valence-corrected chi connectivity index (χ2v) is 8.58. The van der Waals surface area contributed by atoms with Gasteiger partial charge >= 0.3 is 0 Å². The van der Waals surface area contributed by atoms with Crippen LogP contribution in [0.2, 0.25) is 0 Å². The minimum atomic E-state index is -0.494. The van der Waals surface area contributed by atoms with Gasteiger partial charge in [-0.25, -0.2) is 0 Å². The van der Waals surface area contributed by atoms with Gasteiger partial charge in [0.2, 0.25) is 0 Å². The van der Waals surface area contributed by atoms with Crippen LogP contribution in [-0.2, 0) is 0 Å². The molecule has 0 aliphatic carbocycles. The lowest BCUT2D eigenvalue weighted by Crippen LogP contribution is -2.54. The third-order valence-electron chi connectivity index (χ3n) is 4.63. The molecule has 0 spiro atoms. The maximum atomic E-state index is 11.0. The quantitative estimate of drug-likeness (QED) is 0.661. The highest BCUT2D eigenvalue weighted by Crippen LogP contribution is 2.48. The second-order valence-electron chi connectivity index (χ2n) is 8.58. The summed E-state index contributed by atoms with van der Waals surface area (Å²) in [4.78, 5) is 0. The van der Waals surface area contributed by atoms with Gasteiger partial charge in [-0.15, -0.1) is 0 Å². The molecule has 0 radical (unpaired) electrons. The molecule has 0 bridgehead atoms. The predicted octanol–water partition coefficient (Wildman–Crippen LogP) is 4.78. The van der Waals surface area contributed by atoms with Gasteiger partial charge in [0.25, 0.3) is 0 Å². The van der Waals surface area contributed by atoms with Crippen molar-refractivity contribution in [3.63, 3.8) is 0 Å². The summed E-state index contributed by atoms with van der Waals surface area (Å²) in [5.41, 5.74) is -0.839. The van der Waals surface area contributed by atoms with Crippen LogP contribution in [0.3, 0.4) is 0 Å². The van der Waals surface area contributed by atoms with Crippen molar-refractivity contribution in [2.45, 2.75) is 99.7 Å². The van der Waals surface area contributed by atoms with Crippen LogP contribution in [0.5, 0.6) is 0 Å². The van der Waals surface area contributed by atoms with Crippen LogP contribution >= 0.6 is 0 Å². The number of unbranched alkanes of at least 4 members (excludes halogenated alkanes) is 2. The lowest BCUT2D eigenvalue weighted by molar-refractivity contribution is -0.154. The fourth-order valence-electron chi connectivity index (χ4n) is 3.42. The fourth-order valence-corrected chi connectivity index (χ4v) is 3.42. The topological polar surface area (TPSA) is 40.5 Å². The summed E-state index contributed by atoms with van der Waals surface area (Å²) < 4.78 is 0. The highest BCUT2D eigenvalue weighted by molar-refractivity contribution is 5.00. The number of hydrogen-bond acceptors (Lipinski definition) is 2. The number of hydrogen-bond donors (Lipinski definition) is 2. The van der Waals surface area contributed by atoms with Crippen molar-refractivity contribution in [1.29, 1.82) is 0 Å². The Balaban J connectivity index is 5.49. The lowest BCUT2D eigenvalue weighted by atomic mass is 9.59. The fraction of sp³-hybridized carbons (Fsp3) is 1.00. The Morgan fingerprint density at radius 2 is 1.15 bits per heavy atom. The minimum Gasteiger partial charge on any atom is -0.392 e. The van der Waals surface area contributed by atoms with Crippen molar-refractivity contribution in [2.24, 2.45) is 16.2 Å². The second kappa shape index (κ2) is 7.26. The van der Waals surface area contributed by atoms with Gasteiger partial charge in [0.1, 0.15) is 0 Å². The van der Waals surface area contributed by atoms with Gasteiger partial charge in [-0.1, -0.05) is 74.7 Å². The van der Waals surface area contributed by atoms with E-state index in [0.29, 0.717) is 0 Å². The van der Waals surface area contributed by atoms with E-state index in [1.54, 1.807) is 0 Å². The Labute approximate surface area is 127 Å². The first-order chi connectivity index (χ1) is 8.93. The van der Waals surface area contributed by atoms with Crippen molar-refractivity contribution in [3.8, 4) is 0 Å². The molecule has 20 heavy (non-hydrogen) atoms. The van der Waals surface area contributed by atoms with Gasteiger partial charge in [-0.05, 0) is 23.7 Å². The van der Waals surface area contributed by atoms with Crippen molar-refractivity contribution >= 4 is 0 Å². The van der Waals surface area contributed by atoms with Crippen LogP contribution in [0, 0.1) is 16.2 Å². The molecule has 0 saturated heterocycles. The summed E-state index contributed by atoms with van der Waals surface area (Å²) in [6.45, 7) is 16.7. The molecule has 0 aliphatic heterocycles. The van der Waals surface area contributed by atoms with Crippen LogP contribution in [0.1, 0.15) is 87.5 Å². The highest BCUT2D eigenvalue weighted by atomic mass is 16.3. The largest absolute Gasteiger partial charge is 0.392 e. The van der Waals surface area contributed by atoms with E-state index in [-0.39, 0.29) is 10.8 Å². The van der Waals surface area contributed by atoms with E-state index in [9.17, 15) is 10.2 Å². The molecule has 0 aromatic carbocycles. The van der Waals surface area contributed by atoms with Crippen molar-refractivity contribution in [2.75, 3.05) is 0 Å². The van der Waals surface area contributed by atoms with E-state index in [1.807, 2.05) is 0 Å². The van der Waals surface area contributed by atoms with Gasteiger partial charge in [0.15, 0.2) is 0 Å². The molecule has 2 nitrogen and oxygen atoms in total. The molecule has 0 saturated carbocycles. The molecular formula is C18H38O2. The number of aliphatic hydroxyl groups is 2. The minimum absolute atomic E-state index is 0.214. The number of rotatable bonds is 7. The Morgan fingerprint density at radius 3 is 1.40 bits per heavy atom. The molecule has 2 N–H and O–H groups in total. The normalized spacial score (nSPS) is 19.5. The molecule has 2 heteroatoms. The molecular weight excluding hydrogens is 248 g/mol. The van der Waals surface area contributed by atoms with Crippen LogP contribution < -0.4 is 0 Å². The Kier molecular flexibility index (Phi) is 7.24. The summed E-state index contributed by atoms with van der Waals surface area (Å²) >= 11 is 0. The molecule has 0 aromatic rings. The van der Waals surface area contributed by atoms with Gasteiger partial charge in [0, 0.05) is 5.41 Å². The van der Waals surface area contributed by atoms with Crippen LogP contribution in [-0.4, -0.2) is 22.4 Å². The van der Waals surface area contributed by atoms with Crippen LogP contribution in [0.15, 0.2) is 0 Å². The maximum Gasteiger partial charge on any atom is 0.0669 e. The third-order valence-corrected chi connectivity index (χ3v) is 4.63. The molecule has 0 heterocycles. The summed E-state index contributed by atoms with van der Waals surface area (Å²) in [6, 6.07) is 0. The SMILES string of the molecule is CCCCCC(CC)(C(O)C(C)(C)C)C(O)C(C)(C)C. The van der Waals surface area contributed by atoms with Gasteiger partial charge in [-0.3, -0.25) is 0 Å². The predicted molar refractivity (Wildman–Crippen MR) is 87.8 cm³/mol. The smallest absolute Gasteiger partial charge is 0.0669 e. The van der Waals surface area contributed by atoms with E-state index in [1.165, 1.54) is 0 Å². The Morgan fingerprint density at radius 1 is 0.750 bits per heavy atom. The lowest BCUT2D eigenvalue weighted by Gasteiger charge is -2.50. The molecule has 2 atom stereocenters. The highest BCUT2D eigenvalue weighted by Gasteiger charge is 2.50. The Bertz CT molecular complexity index is 250. The molecule has 0 aromatic heterocycles. The maximum absolute atomic E-state index is 11.0. The van der Waals surface area contributed by atoms with Gasteiger partial charge in [-0.2, -0.15) is 0 Å². The first kappa shape index (κ1) is 19.9. The molecule has 0 rings (SSSR count). The van der Waals surface area contributed by atoms with E-state index >= 15 is 0 Å². The first-order valence-corrected chi connectivity index (χ1v) is 8.29. The van der Waals surface area contributed by atoms with Crippen LogP contribution in [0.4, 0.5) is 0 Å². The zero-order valence-corrected chi connectivity index (χ0v) is 15.1. The van der Waals surface area contributed by atoms with Crippen molar-refractivity contribution < 1.29 is 10.2 Å². The average Bonchev–Trinajstić information content (AvgIpc) is 2.31. The van der Waals surface area contributed by atoms with Crippen molar-refractivity contribution in [1.82, 2.24) is 0 Å². The monoisotopic (exact) mass is 286 g/mol. The van der Waals surface area contributed by atoms with Crippen LogP contribution in [0.25, 0.3) is 0 Å². The molecule has 0 aliphatic rings. The summed E-state index contributed by atoms with van der Waals surface area (Å²) in [6.07, 6.45) is 4.12. The van der Waals surface area contributed by atoms with Crippen molar-refractivity contribution in [3.05, 3.63) is 0 Å². The summed E-state index contributed by atoms with van der Waals surface area (Å²) in [5.74, 6) is 0. The first-order valence-electron chi connectivity index (χ1n) is 8.29.